The van der Waals surface area contributed by atoms with Crippen LogP contribution >= 0.6 is 0 Å². The summed E-state index contributed by atoms with van der Waals surface area (Å²) in [6.07, 6.45) is 1.04. The number of H-pyrrole nitrogens is 1. The highest BCUT2D eigenvalue weighted by molar-refractivity contribution is 6.02. The number of benzene rings is 1. The van der Waals surface area contributed by atoms with E-state index in [0.29, 0.717) is 50.3 Å². The number of anilines is 1. The highest BCUT2D eigenvalue weighted by Gasteiger charge is 2.33. The minimum atomic E-state index is -0.417. The number of Topliss-reactive ketones (excluding diaryl/α,β-unsaturated/α-hetero) is 1. The Bertz CT molecular complexity index is 1050. The number of nitrogens with zero attached hydrogens (tertiary/aromatic N) is 2. The molecule has 0 saturated carbocycles. The number of carbonyl (C=O) groups is 2. The van der Waals surface area contributed by atoms with Crippen LogP contribution in [-0.4, -0.2) is 54.9 Å². The quantitative estimate of drug-likeness (QED) is 0.842. The van der Waals surface area contributed by atoms with Gasteiger partial charge in [0.2, 0.25) is 0 Å². The van der Waals surface area contributed by atoms with Crippen LogP contribution in [0.2, 0.25) is 0 Å². The van der Waals surface area contributed by atoms with Gasteiger partial charge in [-0.1, -0.05) is 19.9 Å². The maximum atomic E-state index is 13.0. The first kappa shape index (κ1) is 20.2. The zero-order chi connectivity index (χ0) is 21.5. The van der Waals surface area contributed by atoms with Crippen LogP contribution < -0.4 is 15.2 Å². The Morgan fingerprint density at radius 3 is 2.50 bits per heavy atom. The fourth-order valence-corrected chi connectivity index (χ4v) is 4.33. The number of piperazine rings is 1. The highest BCUT2D eigenvalue weighted by Crippen LogP contribution is 2.33. The maximum Gasteiger partial charge on any atom is 0.261 e. The Labute approximate surface area is 175 Å². The summed E-state index contributed by atoms with van der Waals surface area (Å²) in [6, 6.07) is 9.33. The smallest absolute Gasteiger partial charge is 0.261 e. The van der Waals surface area contributed by atoms with Crippen molar-refractivity contribution in [2.24, 2.45) is 5.41 Å². The first-order valence-corrected chi connectivity index (χ1v) is 10.2. The molecule has 1 amide bonds. The lowest BCUT2D eigenvalue weighted by Crippen LogP contribution is -2.49. The Hall–Kier alpha value is -3.09. The number of aromatic amines is 1. The largest absolute Gasteiger partial charge is 0.497 e. The van der Waals surface area contributed by atoms with Crippen molar-refractivity contribution in [3.63, 3.8) is 0 Å². The van der Waals surface area contributed by atoms with Gasteiger partial charge in [0.15, 0.2) is 5.78 Å². The molecular formula is C23H27N3O4. The van der Waals surface area contributed by atoms with Gasteiger partial charge in [0, 0.05) is 55.6 Å². The van der Waals surface area contributed by atoms with E-state index in [1.807, 2.05) is 38.1 Å². The van der Waals surface area contributed by atoms with Gasteiger partial charge in [-0.2, -0.15) is 0 Å². The predicted molar refractivity (Wildman–Crippen MR) is 115 cm³/mol. The highest BCUT2D eigenvalue weighted by atomic mass is 16.5. The summed E-state index contributed by atoms with van der Waals surface area (Å²) in [7, 11) is 1.64. The number of nitrogens with one attached hydrogen (secondary N) is 1. The monoisotopic (exact) mass is 409 g/mol. The molecule has 1 aliphatic carbocycles. The molecule has 0 radical (unpaired) electrons. The molecule has 2 aliphatic rings. The number of methoxy groups -OCH3 is 1. The molecule has 0 unspecified atom stereocenters. The van der Waals surface area contributed by atoms with E-state index in [4.69, 9.17) is 4.74 Å². The van der Waals surface area contributed by atoms with E-state index >= 15 is 0 Å². The number of carbonyl (C=O) groups excluding carboxylic acids is 2. The molecule has 1 saturated heterocycles. The molecule has 0 spiro atoms. The van der Waals surface area contributed by atoms with Gasteiger partial charge in [0.05, 0.1) is 7.11 Å². The molecule has 7 heteroatoms. The number of amides is 1. The lowest BCUT2D eigenvalue weighted by Gasteiger charge is -2.36. The van der Waals surface area contributed by atoms with Crippen molar-refractivity contribution in [1.82, 2.24) is 9.88 Å². The number of pyridine rings is 1. The normalized spacial score (nSPS) is 18.2. The minimum Gasteiger partial charge on any atom is -0.497 e. The van der Waals surface area contributed by atoms with Crippen molar-refractivity contribution in [1.29, 1.82) is 0 Å². The summed E-state index contributed by atoms with van der Waals surface area (Å²) in [5.74, 6) is 0.454. The summed E-state index contributed by atoms with van der Waals surface area (Å²) in [5.41, 5.74) is 1.61. The van der Waals surface area contributed by atoms with Crippen LogP contribution in [0.5, 0.6) is 5.75 Å². The van der Waals surface area contributed by atoms with Crippen LogP contribution in [0.1, 0.15) is 46.7 Å². The molecule has 1 fully saturated rings. The van der Waals surface area contributed by atoms with E-state index < -0.39 is 5.56 Å². The third-order valence-electron chi connectivity index (χ3n) is 5.93. The van der Waals surface area contributed by atoms with Crippen LogP contribution in [0.25, 0.3) is 0 Å². The van der Waals surface area contributed by atoms with Crippen molar-refractivity contribution in [3.8, 4) is 5.75 Å². The second kappa shape index (κ2) is 7.63. The first-order valence-electron chi connectivity index (χ1n) is 10.2. The first-order chi connectivity index (χ1) is 14.3. The zero-order valence-corrected chi connectivity index (χ0v) is 17.7. The standard InChI is InChI=1S/C23H27N3O4/c1-23(2)13-19-17(20(27)14-23)12-18(21(28)24-19)22(29)26-9-7-25(8-10-26)15-5-4-6-16(11-15)30-3/h4-6,11-12H,7-10,13-14H2,1-3H3,(H,24,28). The molecule has 0 atom stereocenters. The van der Waals surface area contributed by atoms with Crippen LogP contribution in [0.3, 0.4) is 0 Å². The number of fused-ring (bicyclic) bond motifs is 1. The van der Waals surface area contributed by atoms with Gasteiger partial charge >= 0.3 is 0 Å². The maximum absolute atomic E-state index is 13.0. The average Bonchev–Trinajstić information content (AvgIpc) is 2.72. The molecule has 2 aromatic rings. The molecule has 4 rings (SSSR count). The Morgan fingerprint density at radius 1 is 1.07 bits per heavy atom. The molecule has 1 aromatic carbocycles. The molecule has 1 aliphatic heterocycles. The summed E-state index contributed by atoms with van der Waals surface area (Å²) in [4.78, 5) is 44.9. The lowest BCUT2D eigenvalue weighted by molar-refractivity contribution is 0.0745. The molecule has 158 valence electrons. The fourth-order valence-electron chi connectivity index (χ4n) is 4.33. The Morgan fingerprint density at radius 2 is 1.80 bits per heavy atom. The third kappa shape index (κ3) is 3.84. The van der Waals surface area contributed by atoms with Gasteiger partial charge in [0.1, 0.15) is 11.3 Å². The van der Waals surface area contributed by atoms with E-state index in [0.717, 1.165) is 11.4 Å². The third-order valence-corrected chi connectivity index (χ3v) is 5.93. The van der Waals surface area contributed by atoms with Crippen molar-refractivity contribution in [2.45, 2.75) is 26.7 Å². The van der Waals surface area contributed by atoms with Gasteiger partial charge in [-0.15, -0.1) is 0 Å². The minimum absolute atomic E-state index is 0.0191. The van der Waals surface area contributed by atoms with Gasteiger partial charge in [0.25, 0.3) is 11.5 Å². The van der Waals surface area contributed by atoms with Crippen LogP contribution in [0.15, 0.2) is 35.1 Å². The summed E-state index contributed by atoms with van der Waals surface area (Å²) >= 11 is 0. The van der Waals surface area contributed by atoms with Crippen LogP contribution in [0.4, 0.5) is 5.69 Å². The van der Waals surface area contributed by atoms with Crippen LogP contribution in [-0.2, 0) is 6.42 Å². The van der Waals surface area contributed by atoms with E-state index in [2.05, 4.69) is 9.88 Å². The predicted octanol–water partition coefficient (Wildman–Crippen LogP) is 2.50. The van der Waals surface area contributed by atoms with Gasteiger partial charge < -0.3 is 19.5 Å². The molecule has 1 N–H and O–H groups in total. The van der Waals surface area contributed by atoms with Crippen molar-refractivity contribution in [2.75, 3.05) is 38.2 Å². The number of ketones is 1. The lowest BCUT2D eigenvalue weighted by atomic mass is 9.75. The number of hydrogen-bond donors (Lipinski definition) is 1. The van der Waals surface area contributed by atoms with E-state index in [-0.39, 0.29) is 22.7 Å². The van der Waals surface area contributed by atoms with Crippen molar-refractivity contribution in [3.05, 3.63) is 57.5 Å². The summed E-state index contributed by atoms with van der Waals surface area (Å²) in [5, 5.41) is 0. The fraction of sp³-hybridized carbons (Fsp3) is 0.435. The zero-order valence-electron chi connectivity index (χ0n) is 17.7. The number of rotatable bonds is 3. The topological polar surface area (TPSA) is 82.7 Å². The Kier molecular flexibility index (Phi) is 5.13. The molecule has 2 heterocycles. The van der Waals surface area contributed by atoms with Gasteiger partial charge in [-0.3, -0.25) is 14.4 Å². The molecule has 0 bridgehead atoms. The molecule has 7 nitrogen and oxygen atoms in total. The molecule has 30 heavy (non-hydrogen) atoms. The van der Waals surface area contributed by atoms with E-state index in [1.54, 1.807) is 12.0 Å². The Balaban J connectivity index is 1.50. The summed E-state index contributed by atoms with van der Waals surface area (Å²) < 4.78 is 5.29. The SMILES string of the molecule is COc1cccc(N2CCN(C(=O)c3cc4c([nH]c3=O)CC(C)(C)CC4=O)CC2)c1. The van der Waals surface area contributed by atoms with Gasteiger partial charge in [-0.05, 0) is 30.0 Å². The average molecular weight is 409 g/mol. The number of aromatic nitrogens is 1. The number of hydrogen-bond acceptors (Lipinski definition) is 5. The second-order valence-corrected chi connectivity index (χ2v) is 8.83. The van der Waals surface area contributed by atoms with Gasteiger partial charge in [-0.25, -0.2) is 0 Å². The summed E-state index contributed by atoms with van der Waals surface area (Å²) in [6.45, 7) is 6.35. The van der Waals surface area contributed by atoms with E-state index in [9.17, 15) is 14.4 Å². The molecule has 1 aromatic heterocycles. The van der Waals surface area contributed by atoms with Crippen molar-refractivity contribution < 1.29 is 14.3 Å². The number of ether oxygens (including phenoxy) is 1. The van der Waals surface area contributed by atoms with Crippen molar-refractivity contribution >= 4 is 17.4 Å². The second-order valence-electron chi connectivity index (χ2n) is 8.83. The molecular weight excluding hydrogens is 382 g/mol. The van der Waals surface area contributed by atoms with E-state index in [1.165, 1.54) is 6.07 Å². The van der Waals surface area contributed by atoms with Crippen LogP contribution in [0, 0.1) is 5.41 Å².